The van der Waals surface area contributed by atoms with Crippen LogP contribution in [0, 0.1) is 0 Å². The lowest BCUT2D eigenvalue weighted by molar-refractivity contribution is -0.123. The quantitative estimate of drug-likeness (QED) is 0.332. The van der Waals surface area contributed by atoms with Gasteiger partial charge in [0.15, 0.2) is 11.2 Å². The van der Waals surface area contributed by atoms with E-state index in [0.717, 1.165) is 22.1 Å². The summed E-state index contributed by atoms with van der Waals surface area (Å²) in [5, 5.41) is 0. The molecule has 1 atom stereocenters. The van der Waals surface area contributed by atoms with E-state index >= 15 is 0 Å². The second-order valence-electron chi connectivity index (χ2n) is 10.7. The van der Waals surface area contributed by atoms with Gasteiger partial charge in [0, 0.05) is 40.3 Å². The van der Waals surface area contributed by atoms with Crippen molar-refractivity contribution in [2.45, 2.75) is 32.4 Å². The lowest BCUT2D eigenvalue weighted by Crippen LogP contribution is -2.53. The minimum atomic E-state index is -0.509. The molecule has 2 aliphatic rings. The van der Waals surface area contributed by atoms with Crippen LogP contribution in [0.4, 0.5) is 11.6 Å². The third-order valence-corrected chi connectivity index (χ3v) is 8.29. The molecular formula is C30H33N7O4. The number of carbonyl (C=O) groups excluding carboxylic acids is 2. The molecule has 2 aromatic carbocycles. The summed E-state index contributed by atoms with van der Waals surface area (Å²) >= 11 is 0. The van der Waals surface area contributed by atoms with Gasteiger partial charge in [-0.05, 0) is 23.6 Å². The minimum Gasteiger partial charge on any atom is -0.340 e. The van der Waals surface area contributed by atoms with Crippen LogP contribution in [0.1, 0.15) is 24.5 Å². The number of anilines is 2. The van der Waals surface area contributed by atoms with Crippen molar-refractivity contribution in [3.63, 3.8) is 0 Å². The number of aromatic nitrogens is 4. The van der Waals surface area contributed by atoms with Gasteiger partial charge in [-0.1, -0.05) is 55.5 Å². The van der Waals surface area contributed by atoms with Gasteiger partial charge in [-0.25, -0.2) is 9.69 Å². The SMILES string of the molecule is CCc1ccccc1N1C(=O)CC(N2CCN(c3nc4c(c(=O)n(C)c(=O)n4C)n3Cc3ccccc3)CC2)C1=O. The Morgan fingerprint density at radius 3 is 2.24 bits per heavy atom. The Balaban J connectivity index is 1.29. The molecule has 2 amide bonds. The Morgan fingerprint density at radius 1 is 0.854 bits per heavy atom. The first-order chi connectivity index (χ1) is 19.8. The van der Waals surface area contributed by atoms with Gasteiger partial charge < -0.3 is 4.90 Å². The fourth-order valence-corrected chi connectivity index (χ4v) is 6.01. The fraction of sp³-hybridized carbons (Fsp3) is 0.367. The van der Waals surface area contributed by atoms with E-state index in [2.05, 4.69) is 9.80 Å². The van der Waals surface area contributed by atoms with Gasteiger partial charge in [0.05, 0.1) is 24.7 Å². The Morgan fingerprint density at radius 2 is 1.54 bits per heavy atom. The maximum Gasteiger partial charge on any atom is 0.332 e. The summed E-state index contributed by atoms with van der Waals surface area (Å²) < 4.78 is 4.40. The molecule has 0 aliphatic carbocycles. The first-order valence-electron chi connectivity index (χ1n) is 13.9. The van der Waals surface area contributed by atoms with Crippen LogP contribution in [0.5, 0.6) is 0 Å². The van der Waals surface area contributed by atoms with E-state index < -0.39 is 11.7 Å². The third kappa shape index (κ3) is 4.46. The van der Waals surface area contributed by atoms with Crippen molar-refractivity contribution >= 4 is 34.6 Å². The average molecular weight is 556 g/mol. The average Bonchev–Trinajstić information content (AvgIpc) is 3.52. The van der Waals surface area contributed by atoms with Crippen molar-refractivity contribution < 1.29 is 9.59 Å². The van der Waals surface area contributed by atoms with E-state index in [-0.39, 0.29) is 23.8 Å². The molecule has 0 N–H and O–H groups in total. The van der Waals surface area contributed by atoms with Gasteiger partial charge >= 0.3 is 5.69 Å². The molecule has 11 heteroatoms. The molecule has 6 rings (SSSR count). The molecule has 0 radical (unpaired) electrons. The molecule has 2 saturated heterocycles. The molecule has 0 saturated carbocycles. The highest BCUT2D eigenvalue weighted by Crippen LogP contribution is 2.30. The van der Waals surface area contributed by atoms with Crippen LogP contribution < -0.4 is 21.0 Å². The molecule has 2 fully saturated rings. The molecule has 2 aliphatic heterocycles. The Bertz CT molecular complexity index is 1760. The second kappa shape index (κ2) is 10.5. The predicted molar refractivity (Wildman–Crippen MR) is 156 cm³/mol. The van der Waals surface area contributed by atoms with Gasteiger partial charge in [-0.2, -0.15) is 4.98 Å². The molecule has 2 aromatic heterocycles. The van der Waals surface area contributed by atoms with Crippen LogP contribution in [-0.2, 0) is 36.6 Å². The zero-order valence-corrected chi connectivity index (χ0v) is 23.5. The van der Waals surface area contributed by atoms with Crippen LogP contribution >= 0.6 is 0 Å². The summed E-state index contributed by atoms with van der Waals surface area (Å²) in [4.78, 5) is 62.8. The van der Waals surface area contributed by atoms with E-state index in [0.29, 0.717) is 55.5 Å². The number of hydrogen-bond acceptors (Lipinski definition) is 7. The summed E-state index contributed by atoms with van der Waals surface area (Å²) in [6.45, 7) is 4.64. The van der Waals surface area contributed by atoms with Crippen molar-refractivity contribution in [2.75, 3.05) is 36.0 Å². The highest BCUT2D eigenvalue weighted by atomic mass is 16.2. The number of benzene rings is 2. The first kappa shape index (κ1) is 26.7. The van der Waals surface area contributed by atoms with Crippen molar-refractivity contribution in [1.82, 2.24) is 23.6 Å². The topological polar surface area (TPSA) is 106 Å². The van der Waals surface area contributed by atoms with Gasteiger partial charge in [-0.3, -0.25) is 33.0 Å². The summed E-state index contributed by atoms with van der Waals surface area (Å²) in [6, 6.07) is 16.9. The molecule has 0 bridgehead atoms. The number of imidazole rings is 1. The Hall–Kier alpha value is -4.51. The number of piperazine rings is 1. The van der Waals surface area contributed by atoms with E-state index in [9.17, 15) is 19.2 Å². The van der Waals surface area contributed by atoms with Crippen molar-refractivity contribution in [1.29, 1.82) is 0 Å². The van der Waals surface area contributed by atoms with Crippen LogP contribution in [0.25, 0.3) is 11.2 Å². The van der Waals surface area contributed by atoms with Gasteiger partial charge in [0.1, 0.15) is 0 Å². The highest BCUT2D eigenvalue weighted by Gasteiger charge is 2.44. The summed E-state index contributed by atoms with van der Waals surface area (Å²) in [7, 11) is 3.10. The molecular weight excluding hydrogens is 522 g/mol. The van der Waals surface area contributed by atoms with Crippen LogP contribution in [-0.4, -0.2) is 67.6 Å². The fourth-order valence-electron chi connectivity index (χ4n) is 6.01. The maximum atomic E-state index is 13.5. The first-order valence-corrected chi connectivity index (χ1v) is 13.9. The van der Waals surface area contributed by atoms with Gasteiger partial charge in [0.2, 0.25) is 11.9 Å². The van der Waals surface area contributed by atoms with Crippen molar-refractivity contribution in [3.8, 4) is 0 Å². The Kier molecular flexibility index (Phi) is 6.82. The van der Waals surface area contributed by atoms with E-state index in [1.54, 1.807) is 7.05 Å². The predicted octanol–water partition coefficient (Wildman–Crippen LogP) is 1.50. The molecule has 212 valence electrons. The number of nitrogens with zero attached hydrogens (tertiary/aromatic N) is 7. The largest absolute Gasteiger partial charge is 0.340 e. The molecule has 4 aromatic rings. The normalized spacial score (nSPS) is 18.2. The number of carbonyl (C=O) groups is 2. The van der Waals surface area contributed by atoms with Crippen molar-refractivity contribution in [2.24, 2.45) is 14.1 Å². The zero-order chi connectivity index (χ0) is 28.8. The number of imide groups is 1. The van der Waals surface area contributed by atoms with E-state index in [1.165, 1.54) is 16.5 Å². The third-order valence-electron chi connectivity index (χ3n) is 8.29. The summed E-state index contributed by atoms with van der Waals surface area (Å²) in [6.07, 6.45) is 0.886. The lowest BCUT2D eigenvalue weighted by atomic mass is 10.1. The summed E-state index contributed by atoms with van der Waals surface area (Å²) in [5.74, 6) is 0.248. The molecule has 4 heterocycles. The zero-order valence-electron chi connectivity index (χ0n) is 23.5. The minimum absolute atomic E-state index is 0.154. The van der Waals surface area contributed by atoms with Crippen LogP contribution in [0.15, 0.2) is 64.2 Å². The summed E-state index contributed by atoms with van der Waals surface area (Å²) in [5.41, 5.74) is 2.54. The molecule has 41 heavy (non-hydrogen) atoms. The highest BCUT2D eigenvalue weighted by molar-refractivity contribution is 6.22. The van der Waals surface area contributed by atoms with Crippen LogP contribution in [0.3, 0.4) is 0 Å². The molecule has 11 nitrogen and oxygen atoms in total. The van der Waals surface area contributed by atoms with E-state index in [1.807, 2.05) is 66.1 Å². The Labute approximate surface area is 236 Å². The maximum absolute atomic E-state index is 13.5. The van der Waals surface area contributed by atoms with Gasteiger partial charge in [-0.15, -0.1) is 0 Å². The smallest absolute Gasteiger partial charge is 0.332 e. The number of rotatable bonds is 6. The number of amides is 2. The lowest BCUT2D eigenvalue weighted by Gasteiger charge is -2.37. The van der Waals surface area contributed by atoms with Crippen LogP contribution in [0.2, 0.25) is 0 Å². The van der Waals surface area contributed by atoms with Crippen molar-refractivity contribution in [3.05, 3.63) is 86.6 Å². The van der Waals surface area contributed by atoms with Gasteiger partial charge in [0.25, 0.3) is 11.5 Å². The molecule has 0 spiro atoms. The number of aryl methyl sites for hydroxylation is 2. The molecule has 1 unspecified atom stereocenters. The monoisotopic (exact) mass is 555 g/mol. The second-order valence-corrected chi connectivity index (χ2v) is 10.7. The number of hydrogen-bond donors (Lipinski definition) is 0. The standard InChI is InChI=1S/C30H33N7O4/c1-4-21-12-8-9-13-22(21)37-24(38)18-23(27(37)39)34-14-16-35(17-15-34)29-31-26-25(28(40)33(3)30(41)32(26)2)36(29)19-20-10-6-5-7-11-20/h5-13,23H,4,14-19H2,1-3H3. The van der Waals surface area contributed by atoms with E-state index in [4.69, 9.17) is 4.98 Å². The number of fused-ring (bicyclic) bond motifs is 1. The number of para-hydroxylation sites is 1.